The van der Waals surface area contributed by atoms with Gasteiger partial charge in [0.15, 0.2) is 0 Å². The molecule has 0 atom stereocenters. The Hall–Kier alpha value is -1.81. The van der Waals surface area contributed by atoms with Crippen LogP contribution in [0.4, 0.5) is 5.69 Å². The number of nitrogens with zero attached hydrogens (tertiary/aromatic N) is 1. The minimum atomic E-state index is 0.107. The van der Waals surface area contributed by atoms with Crippen molar-refractivity contribution in [3.63, 3.8) is 0 Å². The zero-order chi connectivity index (χ0) is 13.2. The van der Waals surface area contributed by atoms with Gasteiger partial charge in [-0.15, -0.1) is 11.3 Å². The maximum Gasteiger partial charge on any atom is 0.254 e. The van der Waals surface area contributed by atoms with E-state index in [1.807, 2.05) is 28.5 Å². The highest BCUT2D eigenvalue weighted by Crippen LogP contribution is 2.30. The van der Waals surface area contributed by atoms with Gasteiger partial charge in [0.25, 0.3) is 5.91 Å². The molecule has 98 valence electrons. The molecule has 0 unspecified atom stereocenters. The molecule has 2 aromatic rings. The van der Waals surface area contributed by atoms with Crippen molar-refractivity contribution in [2.75, 3.05) is 5.73 Å². The van der Waals surface area contributed by atoms with Crippen molar-refractivity contribution in [1.82, 2.24) is 4.90 Å². The largest absolute Gasteiger partial charge is 0.399 e. The van der Waals surface area contributed by atoms with E-state index >= 15 is 0 Å². The molecule has 19 heavy (non-hydrogen) atoms. The van der Waals surface area contributed by atoms with Gasteiger partial charge in [-0.3, -0.25) is 4.79 Å². The van der Waals surface area contributed by atoms with E-state index in [9.17, 15) is 4.79 Å². The highest BCUT2D eigenvalue weighted by molar-refractivity contribution is 7.09. The third kappa shape index (κ3) is 2.79. The quantitative estimate of drug-likeness (QED) is 0.869. The summed E-state index contributed by atoms with van der Waals surface area (Å²) in [6.07, 6.45) is 2.23. The van der Waals surface area contributed by atoms with Gasteiger partial charge in [-0.05, 0) is 48.6 Å². The Morgan fingerprint density at radius 3 is 2.58 bits per heavy atom. The summed E-state index contributed by atoms with van der Waals surface area (Å²) >= 11 is 1.70. The summed E-state index contributed by atoms with van der Waals surface area (Å²) < 4.78 is 0. The van der Waals surface area contributed by atoms with E-state index in [4.69, 9.17) is 5.73 Å². The fourth-order valence-electron chi connectivity index (χ4n) is 2.11. The molecule has 0 radical (unpaired) electrons. The summed E-state index contributed by atoms with van der Waals surface area (Å²) in [4.78, 5) is 15.8. The number of nitrogens with two attached hydrogens (primary N) is 1. The van der Waals surface area contributed by atoms with Crippen molar-refractivity contribution in [1.29, 1.82) is 0 Å². The molecule has 1 amide bonds. The minimum absolute atomic E-state index is 0.107. The van der Waals surface area contributed by atoms with Gasteiger partial charge in [-0.25, -0.2) is 0 Å². The number of amides is 1. The lowest BCUT2D eigenvalue weighted by atomic mass is 10.1. The number of rotatable bonds is 4. The lowest BCUT2D eigenvalue weighted by Gasteiger charge is -2.22. The standard InChI is InChI=1S/C15H16N2OS/c16-12-5-3-11(4-6-12)15(18)17(13-7-8-13)10-14-2-1-9-19-14/h1-6,9,13H,7-8,10,16H2. The lowest BCUT2D eigenvalue weighted by Crippen LogP contribution is -2.32. The maximum atomic E-state index is 12.6. The summed E-state index contributed by atoms with van der Waals surface area (Å²) in [6, 6.07) is 11.7. The Morgan fingerprint density at radius 1 is 1.26 bits per heavy atom. The van der Waals surface area contributed by atoms with Gasteiger partial charge in [0, 0.05) is 22.2 Å². The molecule has 2 N–H and O–H groups in total. The van der Waals surface area contributed by atoms with E-state index in [1.165, 1.54) is 4.88 Å². The Morgan fingerprint density at radius 2 is 2.00 bits per heavy atom. The molecule has 1 heterocycles. The van der Waals surface area contributed by atoms with Crippen LogP contribution in [0.15, 0.2) is 41.8 Å². The molecule has 0 saturated heterocycles. The normalized spacial score (nSPS) is 14.3. The summed E-state index contributed by atoms with van der Waals surface area (Å²) in [5, 5.41) is 2.05. The van der Waals surface area contributed by atoms with Gasteiger partial charge in [-0.1, -0.05) is 6.07 Å². The van der Waals surface area contributed by atoms with E-state index < -0.39 is 0 Å². The average molecular weight is 272 g/mol. The van der Waals surface area contributed by atoms with Crippen LogP contribution in [0.1, 0.15) is 28.1 Å². The molecule has 3 nitrogen and oxygen atoms in total. The second kappa shape index (κ2) is 5.05. The molecule has 1 aliphatic carbocycles. The zero-order valence-corrected chi connectivity index (χ0v) is 11.4. The molecule has 1 fully saturated rings. The van der Waals surface area contributed by atoms with Crippen LogP contribution in [0.2, 0.25) is 0 Å². The van der Waals surface area contributed by atoms with Gasteiger partial charge in [0.2, 0.25) is 0 Å². The van der Waals surface area contributed by atoms with Crippen LogP contribution < -0.4 is 5.73 Å². The van der Waals surface area contributed by atoms with Crippen molar-refractivity contribution in [3.8, 4) is 0 Å². The fourth-order valence-corrected chi connectivity index (χ4v) is 2.82. The number of hydrogen-bond donors (Lipinski definition) is 1. The van der Waals surface area contributed by atoms with Gasteiger partial charge < -0.3 is 10.6 Å². The first-order valence-electron chi connectivity index (χ1n) is 6.43. The number of carbonyl (C=O) groups is 1. The molecule has 4 heteroatoms. The third-order valence-electron chi connectivity index (χ3n) is 3.31. The second-order valence-electron chi connectivity index (χ2n) is 4.87. The predicted octanol–water partition coefficient (Wildman–Crippen LogP) is 3.14. The molecule has 0 spiro atoms. The first-order chi connectivity index (χ1) is 9.24. The smallest absolute Gasteiger partial charge is 0.254 e. The maximum absolute atomic E-state index is 12.6. The van der Waals surface area contributed by atoms with Gasteiger partial charge in [0.1, 0.15) is 0 Å². The Labute approximate surface area is 116 Å². The van der Waals surface area contributed by atoms with E-state index in [-0.39, 0.29) is 5.91 Å². The lowest BCUT2D eigenvalue weighted by molar-refractivity contribution is 0.0732. The second-order valence-corrected chi connectivity index (χ2v) is 5.90. The Balaban J connectivity index is 1.79. The van der Waals surface area contributed by atoms with Crippen LogP contribution in [-0.2, 0) is 6.54 Å². The zero-order valence-electron chi connectivity index (χ0n) is 10.6. The molecule has 1 aromatic carbocycles. The highest BCUT2D eigenvalue weighted by Gasteiger charge is 2.33. The topological polar surface area (TPSA) is 46.3 Å². The summed E-state index contributed by atoms with van der Waals surface area (Å²) in [6.45, 7) is 0.714. The number of benzene rings is 1. The molecule has 3 rings (SSSR count). The number of thiophene rings is 1. The van der Waals surface area contributed by atoms with Crippen molar-refractivity contribution >= 4 is 22.9 Å². The molecule has 1 aromatic heterocycles. The first kappa shape index (κ1) is 12.2. The fraction of sp³-hybridized carbons (Fsp3) is 0.267. The van der Waals surface area contributed by atoms with E-state index in [0.717, 1.165) is 18.4 Å². The molecular weight excluding hydrogens is 256 g/mol. The minimum Gasteiger partial charge on any atom is -0.399 e. The van der Waals surface area contributed by atoms with E-state index in [2.05, 4.69) is 6.07 Å². The van der Waals surface area contributed by atoms with Gasteiger partial charge in [0.05, 0.1) is 6.54 Å². The van der Waals surface area contributed by atoms with Crippen molar-refractivity contribution in [2.45, 2.75) is 25.4 Å². The molecule has 1 saturated carbocycles. The molecule has 0 bridgehead atoms. The van der Waals surface area contributed by atoms with Gasteiger partial charge >= 0.3 is 0 Å². The average Bonchev–Trinajstić information content (AvgIpc) is 3.13. The van der Waals surface area contributed by atoms with E-state index in [0.29, 0.717) is 18.3 Å². The Kier molecular flexibility index (Phi) is 3.25. The van der Waals surface area contributed by atoms with Crippen LogP contribution in [0.25, 0.3) is 0 Å². The molecular formula is C15H16N2OS. The summed E-state index contributed by atoms with van der Waals surface area (Å²) in [7, 11) is 0. The number of anilines is 1. The molecule has 1 aliphatic rings. The van der Waals surface area contributed by atoms with Crippen LogP contribution >= 0.6 is 11.3 Å². The monoisotopic (exact) mass is 272 g/mol. The van der Waals surface area contributed by atoms with Gasteiger partial charge in [-0.2, -0.15) is 0 Å². The predicted molar refractivity (Wildman–Crippen MR) is 78.1 cm³/mol. The van der Waals surface area contributed by atoms with Crippen LogP contribution in [0.3, 0.4) is 0 Å². The summed E-state index contributed by atoms with van der Waals surface area (Å²) in [5.74, 6) is 0.107. The Bertz CT molecular complexity index is 558. The summed E-state index contributed by atoms with van der Waals surface area (Å²) in [5.41, 5.74) is 7.07. The first-order valence-corrected chi connectivity index (χ1v) is 7.31. The number of nitrogen functional groups attached to an aromatic ring is 1. The van der Waals surface area contributed by atoms with E-state index in [1.54, 1.807) is 23.5 Å². The third-order valence-corrected chi connectivity index (χ3v) is 4.17. The number of carbonyl (C=O) groups excluding carboxylic acids is 1. The molecule has 0 aliphatic heterocycles. The van der Waals surface area contributed by atoms with Crippen molar-refractivity contribution in [2.24, 2.45) is 0 Å². The number of hydrogen-bond acceptors (Lipinski definition) is 3. The SMILES string of the molecule is Nc1ccc(C(=O)N(Cc2cccs2)C2CC2)cc1. The van der Waals surface area contributed by atoms with Crippen LogP contribution in [0, 0.1) is 0 Å². The van der Waals surface area contributed by atoms with Crippen molar-refractivity contribution < 1.29 is 4.79 Å². The van der Waals surface area contributed by atoms with Crippen LogP contribution in [0.5, 0.6) is 0 Å². The highest BCUT2D eigenvalue weighted by atomic mass is 32.1. The van der Waals surface area contributed by atoms with Crippen LogP contribution in [-0.4, -0.2) is 16.8 Å². The van der Waals surface area contributed by atoms with Crippen molar-refractivity contribution in [3.05, 3.63) is 52.2 Å².